The Bertz CT molecular complexity index is 1110. The third kappa shape index (κ3) is 5.42. The number of fused-ring (bicyclic) bond motifs is 1. The lowest BCUT2D eigenvalue weighted by Crippen LogP contribution is -2.22. The van der Waals surface area contributed by atoms with Crippen LogP contribution in [0.4, 0.5) is 0 Å². The zero-order valence-electron chi connectivity index (χ0n) is 18.1. The summed E-state index contributed by atoms with van der Waals surface area (Å²) in [6.07, 6.45) is 0.490. The zero-order chi connectivity index (χ0) is 22.5. The van der Waals surface area contributed by atoms with E-state index in [-0.39, 0.29) is 12.4 Å². The van der Waals surface area contributed by atoms with Crippen molar-refractivity contribution in [2.24, 2.45) is 0 Å². The molecule has 3 aromatic rings. The molecule has 1 N–H and O–H groups in total. The number of carbonyl (C=O) groups is 1. The van der Waals surface area contributed by atoms with Crippen LogP contribution in [0.2, 0.25) is 5.02 Å². The molecule has 8 heteroatoms. The number of hydrogen-bond acceptors (Lipinski definition) is 6. The number of esters is 1. The molecule has 0 aliphatic rings. The van der Waals surface area contributed by atoms with Gasteiger partial charge >= 0.3 is 5.97 Å². The van der Waals surface area contributed by atoms with Crippen LogP contribution >= 0.6 is 11.6 Å². The second-order valence-electron chi connectivity index (χ2n) is 7.37. The fraction of sp³-hybridized carbons (Fsp3) is 0.348. The van der Waals surface area contributed by atoms with Crippen molar-refractivity contribution in [3.05, 3.63) is 58.6 Å². The number of hydrogen-bond donors (Lipinski definition) is 1. The number of rotatable bonds is 9. The second-order valence-corrected chi connectivity index (χ2v) is 7.81. The number of phenolic OH excluding ortho intramolecular Hbond substituents is 1. The molecule has 0 unspecified atom stereocenters. The van der Waals surface area contributed by atoms with E-state index in [1.807, 2.05) is 12.1 Å². The molecule has 7 nitrogen and oxygen atoms in total. The third-order valence-corrected chi connectivity index (χ3v) is 5.28. The van der Waals surface area contributed by atoms with Crippen LogP contribution < -0.4 is 0 Å². The summed E-state index contributed by atoms with van der Waals surface area (Å²) in [7, 11) is 0. The lowest BCUT2D eigenvalue weighted by molar-refractivity contribution is -0.138. The van der Waals surface area contributed by atoms with Gasteiger partial charge in [0.25, 0.3) is 0 Å². The number of phenols is 1. The number of carbonyl (C=O) groups excluding carboxylic acids is 1. The van der Waals surface area contributed by atoms with Crippen molar-refractivity contribution in [2.45, 2.75) is 33.7 Å². The Morgan fingerprint density at radius 2 is 1.90 bits per heavy atom. The van der Waals surface area contributed by atoms with Crippen LogP contribution in [0.5, 0.6) is 5.75 Å². The highest BCUT2D eigenvalue weighted by Gasteiger charge is 2.17. The van der Waals surface area contributed by atoms with Crippen LogP contribution in [0.1, 0.15) is 31.9 Å². The van der Waals surface area contributed by atoms with Gasteiger partial charge in [-0.3, -0.25) is 4.90 Å². The average molecular weight is 443 g/mol. The maximum Gasteiger partial charge on any atom is 0.333 e. The van der Waals surface area contributed by atoms with Crippen LogP contribution in [0, 0.1) is 0 Å². The average Bonchev–Trinajstić information content (AvgIpc) is 3.16. The Balaban J connectivity index is 1.98. The lowest BCUT2D eigenvalue weighted by atomic mass is 10.0. The molecule has 0 bridgehead atoms. The van der Waals surface area contributed by atoms with Crippen LogP contribution in [0.3, 0.4) is 0 Å². The predicted molar refractivity (Wildman–Crippen MR) is 122 cm³/mol. The van der Waals surface area contributed by atoms with Gasteiger partial charge in [0.1, 0.15) is 22.5 Å². The summed E-state index contributed by atoms with van der Waals surface area (Å²) >= 11 is 6.07. The second kappa shape index (κ2) is 9.94. The molecule has 164 valence electrons. The maximum absolute atomic E-state index is 11.7. The van der Waals surface area contributed by atoms with Gasteiger partial charge in [-0.2, -0.15) is 0 Å². The van der Waals surface area contributed by atoms with Gasteiger partial charge in [-0.15, -0.1) is 15.0 Å². The Morgan fingerprint density at radius 1 is 1.19 bits per heavy atom. The van der Waals surface area contributed by atoms with Crippen molar-refractivity contribution < 1.29 is 14.6 Å². The van der Waals surface area contributed by atoms with Gasteiger partial charge in [0, 0.05) is 29.1 Å². The van der Waals surface area contributed by atoms with Gasteiger partial charge in [-0.25, -0.2) is 4.79 Å². The Morgan fingerprint density at radius 3 is 2.58 bits per heavy atom. The normalized spacial score (nSPS) is 11.3. The minimum Gasteiger partial charge on any atom is -0.505 e. The first-order valence-electron chi connectivity index (χ1n) is 10.2. The van der Waals surface area contributed by atoms with Gasteiger partial charge < -0.3 is 9.84 Å². The van der Waals surface area contributed by atoms with Crippen molar-refractivity contribution in [1.82, 2.24) is 19.9 Å². The molecule has 0 radical (unpaired) electrons. The Kier molecular flexibility index (Phi) is 7.30. The fourth-order valence-electron chi connectivity index (χ4n) is 3.23. The minimum atomic E-state index is -0.417. The molecule has 0 spiro atoms. The van der Waals surface area contributed by atoms with Crippen LogP contribution in [-0.2, 0) is 22.5 Å². The smallest absolute Gasteiger partial charge is 0.333 e. The van der Waals surface area contributed by atoms with Crippen LogP contribution in [0.25, 0.3) is 16.7 Å². The Labute approximate surface area is 186 Å². The summed E-state index contributed by atoms with van der Waals surface area (Å²) in [6.45, 7) is 11.9. The molecule has 0 fully saturated rings. The van der Waals surface area contributed by atoms with Crippen molar-refractivity contribution in [2.75, 3.05) is 19.7 Å². The van der Waals surface area contributed by atoms with E-state index in [1.165, 1.54) is 4.80 Å². The number of ether oxygens (including phenoxy) is 1. The summed E-state index contributed by atoms with van der Waals surface area (Å²) in [5.41, 5.74) is 3.82. The fourth-order valence-corrected chi connectivity index (χ4v) is 3.39. The standard InChI is InChI=1S/C23H27ClN4O3/c1-5-27(6-2)14-17-11-16(9-10-31-23(30)15(3)4)12-21(22(17)29)28-25-19-8-7-18(24)13-20(19)26-28/h7-8,11-13,29H,3,5-6,9-10,14H2,1-2,4H3. The van der Waals surface area contributed by atoms with Crippen molar-refractivity contribution in [3.63, 3.8) is 0 Å². The van der Waals surface area contributed by atoms with E-state index in [0.29, 0.717) is 40.3 Å². The van der Waals surface area contributed by atoms with Gasteiger partial charge in [-0.05, 0) is 49.8 Å². The van der Waals surface area contributed by atoms with E-state index < -0.39 is 5.97 Å². The van der Waals surface area contributed by atoms with Crippen molar-refractivity contribution in [1.29, 1.82) is 0 Å². The first kappa shape index (κ1) is 22.8. The highest BCUT2D eigenvalue weighted by Crippen LogP contribution is 2.30. The zero-order valence-corrected chi connectivity index (χ0v) is 18.8. The predicted octanol–water partition coefficient (Wildman–Crippen LogP) is 4.28. The van der Waals surface area contributed by atoms with Crippen LogP contribution in [0.15, 0.2) is 42.5 Å². The quantitative estimate of drug-likeness (QED) is 0.393. The van der Waals surface area contributed by atoms with Gasteiger partial charge in [0.15, 0.2) is 0 Å². The summed E-state index contributed by atoms with van der Waals surface area (Å²) < 4.78 is 5.24. The topological polar surface area (TPSA) is 80.5 Å². The maximum atomic E-state index is 11.7. The molecular formula is C23H27ClN4O3. The molecule has 1 aromatic heterocycles. The molecule has 0 saturated carbocycles. The number of aromatic hydroxyl groups is 1. The largest absolute Gasteiger partial charge is 0.505 e. The van der Waals surface area contributed by atoms with E-state index in [1.54, 1.807) is 25.1 Å². The molecule has 31 heavy (non-hydrogen) atoms. The number of aromatic nitrogens is 3. The molecule has 0 aliphatic carbocycles. The minimum absolute atomic E-state index is 0.126. The number of halogens is 1. The molecule has 0 saturated heterocycles. The lowest BCUT2D eigenvalue weighted by Gasteiger charge is -2.20. The first-order chi connectivity index (χ1) is 14.8. The summed E-state index contributed by atoms with van der Waals surface area (Å²) in [5, 5.41) is 20.6. The highest BCUT2D eigenvalue weighted by atomic mass is 35.5. The van der Waals surface area contributed by atoms with E-state index in [9.17, 15) is 9.90 Å². The van der Waals surface area contributed by atoms with Crippen molar-refractivity contribution in [3.8, 4) is 11.4 Å². The molecule has 1 heterocycles. The van der Waals surface area contributed by atoms with Crippen LogP contribution in [-0.4, -0.2) is 50.7 Å². The van der Waals surface area contributed by atoms with E-state index in [0.717, 1.165) is 24.2 Å². The van der Waals surface area contributed by atoms with Gasteiger partial charge in [0.05, 0.1) is 6.61 Å². The van der Waals surface area contributed by atoms with Crippen molar-refractivity contribution >= 4 is 28.6 Å². The summed E-state index contributed by atoms with van der Waals surface area (Å²) in [5.74, 6) is -0.291. The third-order valence-electron chi connectivity index (χ3n) is 5.05. The molecule has 0 atom stereocenters. The molecule has 0 aliphatic heterocycles. The molecular weight excluding hydrogens is 416 g/mol. The monoisotopic (exact) mass is 442 g/mol. The molecule has 0 amide bonds. The van der Waals surface area contributed by atoms with Gasteiger partial charge in [-0.1, -0.05) is 38.1 Å². The van der Waals surface area contributed by atoms with E-state index in [2.05, 4.69) is 35.5 Å². The number of benzene rings is 2. The molecule has 3 rings (SSSR count). The Hall–Kier alpha value is -2.90. The highest BCUT2D eigenvalue weighted by molar-refractivity contribution is 6.31. The summed E-state index contributed by atoms with van der Waals surface area (Å²) in [4.78, 5) is 15.3. The van der Waals surface area contributed by atoms with Gasteiger partial charge in [0.2, 0.25) is 0 Å². The summed E-state index contributed by atoms with van der Waals surface area (Å²) in [6, 6.07) is 9.02. The first-order valence-corrected chi connectivity index (χ1v) is 10.6. The molecule has 2 aromatic carbocycles. The van der Waals surface area contributed by atoms with E-state index >= 15 is 0 Å². The number of nitrogens with zero attached hydrogens (tertiary/aromatic N) is 4. The SMILES string of the molecule is C=C(C)C(=O)OCCc1cc(CN(CC)CC)c(O)c(-n2nc3ccc(Cl)cc3n2)c1. The van der Waals surface area contributed by atoms with E-state index in [4.69, 9.17) is 16.3 Å².